The number of imidazole rings is 1. The van der Waals surface area contributed by atoms with Crippen LogP contribution in [0, 0.1) is 0 Å². The third-order valence-electron chi connectivity index (χ3n) is 8.39. The van der Waals surface area contributed by atoms with Gasteiger partial charge in [-0.1, -0.05) is 0 Å². The second kappa shape index (κ2) is 27.3. The molecule has 6 atom stereocenters. The van der Waals surface area contributed by atoms with Gasteiger partial charge in [-0.05, 0) is 50.5 Å². The Bertz CT molecular complexity index is 1690. The van der Waals surface area contributed by atoms with Crippen LogP contribution in [0.25, 0.3) is 0 Å². The highest BCUT2D eigenvalue weighted by molar-refractivity contribution is 7.98. The quantitative estimate of drug-likeness (QED) is 0.0196. The molecule has 1 heterocycles. The third kappa shape index (κ3) is 21.3. The van der Waals surface area contributed by atoms with Gasteiger partial charge in [0, 0.05) is 51.0 Å². The summed E-state index contributed by atoms with van der Waals surface area (Å²) < 4.78 is 0. The van der Waals surface area contributed by atoms with Gasteiger partial charge in [-0.3, -0.25) is 52.9 Å². The fourth-order valence-corrected chi connectivity index (χ4v) is 5.82. The van der Waals surface area contributed by atoms with Crippen molar-refractivity contribution in [1.82, 2.24) is 41.9 Å². The van der Waals surface area contributed by atoms with Gasteiger partial charge in [0.15, 0.2) is 5.96 Å². The summed E-state index contributed by atoms with van der Waals surface area (Å²) in [6.45, 7) is 1.12. The minimum atomic E-state index is -1.59. The first kappa shape index (κ1) is 51.5. The smallest absolute Gasteiger partial charge is 0.303 e. The van der Waals surface area contributed by atoms with Crippen molar-refractivity contribution in [3.8, 4) is 0 Å². The number of amides is 8. The van der Waals surface area contributed by atoms with Gasteiger partial charge in [-0.25, -0.2) is 4.98 Å². The zero-order chi connectivity index (χ0) is 45.4. The largest absolute Gasteiger partial charge is 0.481 e. The van der Waals surface area contributed by atoms with E-state index in [4.69, 9.17) is 28.0 Å². The molecule has 0 unspecified atom stereocenters. The number of nitrogens with one attached hydrogen (secondary N) is 7. The molecule has 334 valence electrons. The Balaban J connectivity index is 3.40. The van der Waals surface area contributed by atoms with Gasteiger partial charge in [0.1, 0.15) is 36.3 Å². The van der Waals surface area contributed by atoms with Crippen LogP contribution in [0.5, 0.6) is 0 Å². The van der Waals surface area contributed by atoms with Crippen LogP contribution in [0.3, 0.4) is 0 Å². The van der Waals surface area contributed by atoms with Gasteiger partial charge >= 0.3 is 11.9 Å². The van der Waals surface area contributed by atoms with Gasteiger partial charge in [0.2, 0.25) is 47.3 Å². The second-order valence-corrected chi connectivity index (χ2v) is 14.3. The number of thioether (sulfide) groups is 1. The fraction of sp³-hybridized carbons (Fsp3) is 0.588. The van der Waals surface area contributed by atoms with Crippen molar-refractivity contribution in [2.45, 2.75) is 107 Å². The number of hydrogen-bond acceptors (Lipinski definition) is 13. The number of aliphatic imine (C=N–C) groups is 1. The number of rotatable bonds is 30. The van der Waals surface area contributed by atoms with Crippen molar-refractivity contribution in [2.24, 2.45) is 27.9 Å². The van der Waals surface area contributed by atoms with E-state index in [0.717, 1.165) is 6.92 Å². The maximum atomic E-state index is 13.8. The number of aromatic amines is 1. The topological polar surface area (TPSA) is 428 Å². The molecule has 0 saturated heterocycles. The van der Waals surface area contributed by atoms with Crippen LogP contribution in [-0.4, -0.2) is 140 Å². The van der Waals surface area contributed by atoms with E-state index in [1.165, 1.54) is 24.3 Å². The van der Waals surface area contributed by atoms with Gasteiger partial charge in [0.05, 0.1) is 6.33 Å². The summed E-state index contributed by atoms with van der Waals surface area (Å²) in [5.41, 5.74) is 22.1. The molecule has 0 bridgehead atoms. The van der Waals surface area contributed by atoms with Crippen molar-refractivity contribution in [3.63, 3.8) is 0 Å². The van der Waals surface area contributed by atoms with Crippen LogP contribution >= 0.6 is 11.8 Å². The first-order valence-electron chi connectivity index (χ1n) is 18.6. The maximum absolute atomic E-state index is 13.8. The van der Waals surface area contributed by atoms with Crippen molar-refractivity contribution >= 4 is 76.9 Å². The number of primary amides is 2. The summed E-state index contributed by atoms with van der Waals surface area (Å²) in [6, 6.07) is -8.58. The number of aliphatic carboxylic acids is 2. The number of aromatic nitrogens is 2. The fourth-order valence-electron chi connectivity index (χ4n) is 5.35. The molecule has 25 nitrogen and oxygen atoms in total. The molecular weight excluding hydrogens is 815 g/mol. The van der Waals surface area contributed by atoms with Crippen molar-refractivity contribution < 1.29 is 58.2 Å². The number of carbonyl (C=O) groups excluding carboxylic acids is 8. The molecule has 1 aromatic rings. The van der Waals surface area contributed by atoms with Gasteiger partial charge in [0.25, 0.3) is 0 Å². The summed E-state index contributed by atoms with van der Waals surface area (Å²) in [6.07, 6.45) is 1.59. The highest BCUT2D eigenvalue weighted by Crippen LogP contribution is 2.09. The normalized spacial score (nSPS) is 13.7. The van der Waals surface area contributed by atoms with E-state index in [1.54, 1.807) is 6.26 Å². The summed E-state index contributed by atoms with van der Waals surface area (Å²) in [7, 11) is 0. The molecule has 26 heteroatoms. The molecule has 17 N–H and O–H groups in total. The number of nitrogens with zero attached hydrogens (tertiary/aromatic N) is 2. The molecule has 1 aromatic heterocycles. The average Bonchev–Trinajstić information content (AvgIpc) is 3.68. The number of guanidine groups is 1. The maximum Gasteiger partial charge on any atom is 0.303 e. The van der Waals surface area contributed by atoms with Crippen LogP contribution in [0.2, 0.25) is 0 Å². The van der Waals surface area contributed by atoms with Crippen LogP contribution < -0.4 is 54.8 Å². The summed E-state index contributed by atoms with van der Waals surface area (Å²) in [5, 5.41) is 32.9. The van der Waals surface area contributed by atoms with E-state index < -0.39 is 121 Å². The van der Waals surface area contributed by atoms with Crippen LogP contribution in [0.4, 0.5) is 0 Å². The van der Waals surface area contributed by atoms with E-state index in [-0.39, 0.29) is 56.8 Å². The zero-order valence-corrected chi connectivity index (χ0v) is 34.0. The Morgan fingerprint density at radius 1 is 0.667 bits per heavy atom. The van der Waals surface area contributed by atoms with E-state index in [9.17, 15) is 53.1 Å². The molecule has 0 aromatic carbocycles. The summed E-state index contributed by atoms with van der Waals surface area (Å²) in [5.74, 6) is -9.80. The predicted molar refractivity (Wildman–Crippen MR) is 214 cm³/mol. The first-order chi connectivity index (χ1) is 28.2. The Hall–Kier alpha value is -6.47. The van der Waals surface area contributed by atoms with Gasteiger partial charge < -0.3 is 70.0 Å². The molecular formula is C34H55N13O12S. The van der Waals surface area contributed by atoms with Crippen LogP contribution in [0.15, 0.2) is 17.5 Å². The SMILES string of the molecule is CSCC[C@H](NC(=O)[C@H](CCC(=O)O)NC(=O)[C@H](CCC(=O)O)NC(C)=O)C(=O)N[C@@H](CCC(N)=O)C(=O)N[C@@H](CCCN=C(N)N)C(=O)N[C@@H](Cc1cnc[nH]1)C(N)=O. The lowest BCUT2D eigenvalue weighted by Crippen LogP contribution is -2.60. The number of carboxylic acid groups (broad SMARTS) is 2. The number of H-pyrrole nitrogens is 1. The third-order valence-corrected chi connectivity index (χ3v) is 9.04. The molecule has 8 amide bonds. The number of hydrogen-bond donors (Lipinski definition) is 13. The van der Waals surface area contributed by atoms with Crippen LogP contribution in [-0.2, 0) is 54.4 Å². The molecule has 1 rings (SSSR count). The number of carboxylic acids is 2. The molecule has 0 aliphatic rings. The lowest BCUT2D eigenvalue weighted by Gasteiger charge is -2.27. The highest BCUT2D eigenvalue weighted by Gasteiger charge is 2.33. The molecule has 0 fully saturated rings. The minimum absolute atomic E-state index is 0.0399. The van der Waals surface area contributed by atoms with Crippen molar-refractivity contribution in [1.29, 1.82) is 0 Å². The lowest BCUT2D eigenvalue weighted by atomic mass is 10.0. The average molecular weight is 870 g/mol. The van der Waals surface area contributed by atoms with Crippen molar-refractivity contribution in [2.75, 3.05) is 18.6 Å². The summed E-state index contributed by atoms with van der Waals surface area (Å²) >= 11 is 1.28. The molecule has 0 aliphatic carbocycles. The zero-order valence-electron chi connectivity index (χ0n) is 33.2. The van der Waals surface area contributed by atoms with Crippen LogP contribution in [0.1, 0.15) is 70.4 Å². The van der Waals surface area contributed by atoms with Gasteiger partial charge in [-0.15, -0.1) is 0 Å². The number of carbonyl (C=O) groups is 10. The molecule has 60 heavy (non-hydrogen) atoms. The van der Waals surface area contributed by atoms with Crippen molar-refractivity contribution in [3.05, 3.63) is 18.2 Å². The summed E-state index contributed by atoms with van der Waals surface area (Å²) in [4.78, 5) is 137. The monoisotopic (exact) mass is 869 g/mol. The molecule has 0 aliphatic heterocycles. The number of nitrogens with two attached hydrogens (primary N) is 4. The standard InChI is InChI=1S/C34H55N13O12S/c1-17(48)42-20(6-9-26(50)51)30(56)45-22(7-10-27(52)53)32(58)46-23(11-13-60-2)33(59)44-21(5-8-25(35)49)31(57)43-19(4-3-12-40-34(37)38)29(55)47-24(28(36)54)14-18-15-39-16-41-18/h15-16,19-24H,3-14H2,1-2H3,(H2,35,49)(H2,36,54)(H,39,41)(H,42,48)(H,43,57)(H,44,59)(H,45,56)(H,46,58)(H,47,55)(H,50,51)(H,52,53)(H4,37,38,40)/t19-,20-,21-,22-,23-,24-/m0/s1. The lowest BCUT2D eigenvalue weighted by molar-refractivity contribution is -0.140. The highest BCUT2D eigenvalue weighted by atomic mass is 32.2. The van der Waals surface area contributed by atoms with E-state index in [1.807, 2.05) is 0 Å². The molecule has 0 spiro atoms. The Kier molecular flexibility index (Phi) is 23.4. The molecule has 0 radical (unpaired) electrons. The Morgan fingerprint density at radius 3 is 1.48 bits per heavy atom. The van der Waals surface area contributed by atoms with E-state index in [0.29, 0.717) is 5.69 Å². The minimum Gasteiger partial charge on any atom is -0.481 e. The van der Waals surface area contributed by atoms with E-state index >= 15 is 0 Å². The van der Waals surface area contributed by atoms with Gasteiger partial charge in [-0.2, -0.15) is 11.8 Å². The van der Waals surface area contributed by atoms with E-state index in [2.05, 4.69) is 46.9 Å². The Morgan fingerprint density at radius 2 is 1.10 bits per heavy atom. The Labute approximate surface area is 348 Å². The predicted octanol–water partition coefficient (Wildman–Crippen LogP) is -4.83. The molecule has 0 saturated carbocycles. The second-order valence-electron chi connectivity index (χ2n) is 13.3. The first-order valence-corrected chi connectivity index (χ1v) is 19.9.